The van der Waals surface area contributed by atoms with Crippen LogP contribution in [-0.2, 0) is 0 Å². The molecule has 0 saturated carbocycles. The summed E-state index contributed by atoms with van der Waals surface area (Å²) in [6, 6.07) is 0.440. The molecule has 15 heavy (non-hydrogen) atoms. The van der Waals surface area contributed by atoms with Gasteiger partial charge in [0.05, 0.1) is 11.7 Å². The molecule has 0 bridgehead atoms. The molecule has 1 atom stereocenters. The van der Waals surface area contributed by atoms with Crippen LogP contribution in [0.3, 0.4) is 0 Å². The summed E-state index contributed by atoms with van der Waals surface area (Å²) in [5, 5.41) is 6.32. The van der Waals surface area contributed by atoms with Gasteiger partial charge in [0, 0.05) is 12.6 Å². The highest BCUT2D eigenvalue weighted by molar-refractivity contribution is 7.11. The van der Waals surface area contributed by atoms with Crippen molar-refractivity contribution in [2.75, 3.05) is 13.1 Å². The minimum atomic E-state index is -0.00938. The number of carbonyl (C=O) groups excluding carboxylic acids is 1. The average Bonchev–Trinajstić information content (AvgIpc) is 2.81. The van der Waals surface area contributed by atoms with Gasteiger partial charge in [0.1, 0.15) is 4.88 Å². The molecule has 4 nitrogen and oxygen atoms in total. The normalized spacial score (nSPS) is 21.2. The first-order valence-corrected chi connectivity index (χ1v) is 6.14. The quantitative estimate of drug-likeness (QED) is 0.807. The van der Waals surface area contributed by atoms with Gasteiger partial charge in [0.25, 0.3) is 5.91 Å². The van der Waals surface area contributed by atoms with E-state index < -0.39 is 0 Å². The minimum Gasteiger partial charge on any atom is -0.350 e. The van der Waals surface area contributed by atoms with Crippen LogP contribution < -0.4 is 10.6 Å². The summed E-state index contributed by atoms with van der Waals surface area (Å²) >= 11 is 1.37. The number of aromatic nitrogens is 1. The van der Waals surface area contributed by atoms with Gasteiger partial charge >= 0.3 is 0 Å². The van der Waals surface area contributed by atoms with Crippen molar-refractivity contribution >= 4 is 17.2 Å². The third-order valence-electron chi connectivity index (χ3n) is 2.58. The van der Waals surface area contributed by atoms with Crippen LogP contribution in [0.2, 0.25) is 0 Å². The molecule has 5 heteroatoms. The van der Waals surface area contributed by atoms with E-state index in [-0.39, 0.29) is 5.91 Å². The number of amides is 1. The molecule has 0 aliphatic carbocycles. The maximum Gasteiger partial charge on any atom is 0.263 e. The van der Waals surface area contributed by atoms with Gasteiger partial charge in [-0.25, -0.2) is 0 Å². The molecular formula is C10H15N3OS. The molecule has 1 aliphatic heterocycles. The molecule has 0 spiro atoms. The number of hydrogen-bond donors (Lipinski definition) is 2. The van der Waals surface area contributed by atoms with E-state index in [1.165, 1.54) is 24.2 Å². The van der Waals surface area contributed by atoms with Crippen molar-refractivity contribution in [1.82, 2.24) is 15.6 Å². The highest BCUT2D eigenvalue weighted by Crippen LogP contribution is 2.07. The van der Waals surface area contributed by atoms with Crippen LogP contribution in [0.15, 0.2) is 11.7 Å². The Bertz CT molecular complexity index is 306. The Balaban J connectivity index is 1.75. The van der Waals surface area contributed by atoms with Gasteiger partial charge in [0.15, 0.2) is 0 Å². The Morgan fingerprint density at radius 1 is 1.67 bits per heavy atom. The fourth-order valence-corrected chi connectivity index (χ4v) is 2.27. The number of carbonyl (C=O) groups is 1. The third kappa shape index (κ3) is 3.00. The standard InChI is InChI=1S/C10H15N3OS/c14-10(9-6-11-7-15-9)13-5-8-3-1-2-4-12-8/h6-8,12H,1-5H2,(H,13,14). The predicted octanol–water partition coefficient (Wildman–Crippen LogP) is 1.01. The van der Waals surface area contributed by atoms with Crippen molar-refractivity contribution in [2.45, 2.75) is 25.3 Å². The van der Waals surface area contributed by atoms with Crippen molar-refractivity contribution < 1.29 is 4.79 Å². The van der Waals surface area contributed by atoms with Crippen LogP contribution in [0.25, 0.3) is 0 Å². The Hall–Kier alpha value is -0.940. The third-order valence-corrected chi connectivity index (χ3v) is 3.35. The molecular weight excluding hydrogens is 210 g/mol. The Kier molecular flexibility index (Phi) is 3.69. The van der Waals surface area contributed by atoms with E-state index in [2.05, 4.69) is 15.6 Å². The molecule has 82 valence electrons. The van der Waals surface area contributed by atoms with Gasteiger partial charge in [-0.15, -0.1) is 11.3 Å². The van der Waals surface area contributed by atoms with E-state index >= 15 is 0 Å². The topological polar surface area (TPSA) is 54.0 Å². The van der Waals surface area contributed by atoms with E-state index in [9.17, 15) is 4.79 Å². The number of nitrogens with one attached hydrogen (secondary N) is 2. The largest absolute Gasteiger partial charge is 0.350 e. The van der Waals surface area contributed by atoms with Gasteiger partial charge in [-0.2, -0.15) is 0 Å². The fourth-order valence-electron chi connectivity index (χ4n) is 1.73. The summed E-state index contributed by atoms with van der Waals surface area (Å²) in [6.45, 7) is 1.79. The lowest BCUT2D eigenvalue weighted by Gasteiger charge is -2.23. The molecule has 1 unspecified atom stereocenters. The lowest BCUT2D eigenvalue weighted by atomic mass is 10.1. The number of nitrogens with zero attached hydrogens (tertiary/aromatic N) is 1. The molecule has 1 aromatic heterocycles. The van der Waals surface area contributed by atoms with E-state index in [0.29, 0.717) is 10.9 Å². The Labute approximate surface area is 93.1 Å². The fraction of sp³-hybridized carbons (Fsp3) is 0.600. The van der Waals surface area contributed by atoms with Crippen LogP contribution in [0.5, 0.6) is 0 Å². The molecule has 2 N–H and O–H groups in total. The van der Waals surface area contributed by atoms with Crippen molar-refractivity contribution in [2.24, 2.45) is 0 Å². The lowest BCUT2D eigenvalue weighted by molar-refractivity contribution is 0.0951. The van der Waals surface area contributed by atoms with Gasteiger partial charge in [0.2, 0.25) is 0 Å². The monoisotopic (exact) mass is 225 g/mol. The summed E-state index contributed by atoms with van der Waals surface area (Å²) in [5.41, 5.74) is 1.67. The average molecular weight is 225 g/mol. The first-order chi connectivity index (χ1) is 7.36. The number of hydrogen-bond acceptors (Lipinski definition) is 4. The van der Waals surface area contributed by atoms with Crippen LogP contribution in [0.4, 0.5) is 0 Å². The molecule has 1 saturated heterocycles. The minimum absolute atomic E-state index is 0.00938. The maximum absolute atomic E-state index is 11.6. The molecule has 1 amide bonds. The lowest BCUT2D eigenvalue weighted by Crippen LogP contribution is -2.43. The van der Waals surface area contributed by atoms with E-state index in [0.717, 1.165) is 19.5 Å². The molecule has 0 radical (unpaired) electrons. The van der Waals surface area contributed by atoms with Crippen LogP contribution >= 0.6 is 11.3 Å². The van der Waals surface area contributed by atoms with Gasteiger partial charge < -0.3 is 10.6 Å². The van der Waals surface area contributed by atoms with Gasteiger partial charge in [-0.1, -0.05) is 6.42 Å². The number of piperidine rings is 1. The van der Waals surface area contributed by atoms with Crippen LogP contribution in [0.1, 0.15) is 28.9 Å². The number of rotatable bonds is 3. The van der Waals surface area contributed by atoms with Crippen LogP contribution in [0, 0.1) is 0 Å². The van der Waals surface area contributed by atoms with Crippen molar-refractivity contribution in [3.63, 3.8) is 0 Å². The summed E-state index contributed by atoms with van der Waals surface area (Å²) in [5.74, 6) is -0.00938. The van der Waals surface area contributed by atoms with E-state index in [1.807, 2.05) is 0 Å². The second kappa shape index (κ2) is 5.23. The molecule has 1 aliphatic rings. The van der Waals surface area contributed by atoms with Gasteiger partial charge in [-0.3, -0.25) is 9.78 Å². The molecule has 1 aromatic rings. The molecule has 0 aromatic carbocycles. The van der Waals surface area contributed by atoms with E-state index in [4.69, 9.17) is 0 Å². The zero-order chi connectivity index (χ0) is 10.5. The zero-order valence-corrected chi connectivity index (χ0v) is 9.35. The molecule has 2 heterocycles. The van der Waals surface area contributed by atoms with Crippen molar-refractivity contribution in [3.05, 3.63) is 16.6 Å². The first-order valence-electron chi connectivity index (χ1n) is 5.26. The number of thiazole rings is 1. The second-order valence-corrected chi connectivity index (χ2v) is 4.61. The van der Waals surface area contributed by atoms with Crippen LogP contribution in [-0.4, -0.2) is 30.0 Å². The summed E-state index contributed by atoms with van der Waals surface area (Å²) in [6.07, 6.45) is 5.27. The van der Waals surface area contributed by atoms with E-state index in [1.54, 1.807) is 11.7 Å². The highest BCUT2D eigenvalue weighted by Gasteiger charge is 2.14. The molecule has 2 rings (SSSR count). The molecule has 1 fully saturated rings. The van der Waals surface area contributed by atoms with Crippen molar-refractivity contribution in [3.8, 4) is 0 Å². The maximum atomic E-state index is 11.6. The Morgan fingerprint density at radius 2 is 2.60 bits per heavy atom. The Morgan fingerprint density at radius 3 is 3.27 bits per heavy atom. The zero-order valence-electron chi connectivity index (χ0n) is 8.53. The second-order valence-electron chi connectivity index (χ2n) is 3.72. The SMILES string of the molecule is O=C(NCC1CCCCN1)c1cncs1. The van der Waals surface area contributed by atoms with Gasteiger partial charge in [-0.05, 0) is 19.4 Å². The first kappa shape index (κ1) is 10.6. The predicted molar refractivity (Wildman–Crippen MR) is 60.1 cm³/mol. The van der Waals surface area contributed by atoms with Crippen molar-refractivity contribution in [1.29, 1.82) is 0 Å². The highest BCUT2D eigenvalue weighted by atomic mass is 32.1. The smallest absolute Gasteiger partial charge is 0.263 e. The summed E-state index contributed by atoms with van der Waals surface area (Å²) < 4.78 is 0. The summed E-state index contributed by atoms with van der Waals surface area (Å²) in [4.78, 5) is 16.1. The summed E-state index contributed by atoms with van der Waals surface area (Å²) in [7, 11) is 0.